The van der Waals surface area contributed by atoms with Gasteiger partial charge >= 0.3 is 0 Å². The lowest BCUT2D eigenvalue weighted by Crippen LogP contribution is -2.06. The van der Waals surface area contributed by atoms with Crippen LogP contribution in [0.25, 0.3) is 0 Å². The monoisotopic (exact) mass is 291 g/mol. The van der Waals surface area contributed by atoms with E-state index in [-0.39, 0.29) is 0 Å². The van der Waals surface area contributed by atoms with E-state index >= 15 is 0 Å². The molecule has 1 amide bonds. The standard InChI is InChI=1S/C13H10BrNO2/c14-15(10-16)12-8-4-5-9-13(12)17-11-6-2-1-3-7-11/h1-10H. The van der Waals surface area contributed by atoms with Crippen molar-refractivity contribution in [1.29, 1.82) is 0 Å². The van der Waals surface area contributed by atoms with Gasteiger partial charge in [0.25, 0.3) is 0 Å². The van der Waals surface area contributed by atoms with Crippen LogP contribution in [-0.4, -0.2) is 6.41 Å². The van der Waals surface area contributed by atoms with E-state index in [1.54, 1.807) is 12.1 Å². The highest BCUT2D eigenvalue weighted by Gasteiger charge is 2.08. The quantitative estimate of drug-likeness (QED) is 0.634. The highest BCUT2D eigenvalue weighted by atomic mass is 79.9. The molecule has 0 aliphatic carbocycles. The van der Waals surface area contributed by atoms with Crippen LogP contribution >= 0.6 is 16.1 Å². The van der Waals surface area contributed by atoms with E-state index in [1.165, 1.54) is 3.93 Å². The molecular formula is C13H10BrNO2. The molecule has 0 fully saturated rings. The van der Waals surface area contributed by atoms with Gasteiger partial charge in [-0.2, -0.15) is 0 Å². The number of carbonyl (C=O) groups is 1. The van der Waals surface area contributed by atoms with Crippen LogP contribution in [0.3, 0.4) is 0 Å². The Labute approximate surface area is 108 Å². The number of carbonyl (C=O) groups excluding carboxylic acids is 1. The van der Waals surface area contributed by atoms with Gasteiger partial charge in [0.05, 0.1) is 21.8 Å². The molecule has 0 saturated carbocycles. The lowest BCUT2D eigenvalue weighted by atomic mass is 10.3. The van der Waals surface area contributed by atoms with Crippen molar-refractivity contribution in [3.05, 3.63) is 54.6 Å². The number of rotatable bonds is 4. The van der Waals surface area contributed by atoms with Crippen molar-refractivity contribution in [3.8, 4) is 11.5 Å². The second kappa shape index (κ2) is 5.50. The maximum Gasteiger partial charge on any atom is 0.224 e. The number of anilines is 1. The maximum absolute atomic E-state index is 10.7. The Morgan fingerprint density at radius 2 is 1.65 bits per heavy atom. The van der Waals surface area contributed by atoms with E-state index < -0.39 is 0 Å². The number of amides is 1. The zero-order chi connectivity index (χ0) is 12.1. The first-order valence-corrected chi connectivity index (χ1v) is 5.74. The molecule has 0 aliphatic heterocycles. The van der Waals surface area contributed by atoms with Crippen LogP contribution in [0.2, 0.25) is 0 Å². The average Bonchev–Trinajstić information content (AvgIpc) is 2.40. The van der Waals surface area contributed by atoms with Crippen LogP contribution in [0.15, 0.2) is 54.6 Å². The van der Waals surface area contributed by atoms with Gasteiger partial charge in [0, 0.05) is 0 Å². The summed E-state index contributed by atoms with van der Waals surface area (Å²) in [6.07, 6.45) is 0.674. The van der Waals surface area contributed by atoms with Gasteiger partial charge in [-0.3, -0.25) is 4.79 Å². The maximum atomic E-state index is 10.7. The molecule has 0 radical (unpaired) electrons. The van der Waals surface area contributed by atoms with Crippen molar-refractivity contribution in [3.63, 3.8) is 0 Å². The Hall–Kier alpha value is -1.81. The Bertz CT molecular complexity index is 502. The molecule has 0 bridgehead atoms. The topological polar surface area (TPSA) is 29.5 Å². The third-order valence-electron chi connectivity index (χ3n) is 2.16. The number of hydrogen-bond donors (Lipinski definition) is 0. The lowest BCUT2D eigenvalue weighted by molar-refractivity contribution is -0.106. The van der Waals surface area contributed by atoms with E-state index in [1.807, 2.05) is 42.5 Å². The summed E-state index contributed by atoms with van der Waals surface area (Å²) in [6.45, 7) is 0. The predicted octanol–water partition coefficient (Wildman–Crippen LogP) is 3.75. The highest BCUT2D eigenvalue weighted by Crippen LogP contribution is 2.32. The van der Waals surface area contributed by atoms with Crippen LogP contribution in [-0.2, 0) is 4.79 Å². The molecule has 17 heavy (non-hydrogen) atoms. The van der Waals surface area contributed by atoms with Crippen molar-refractivity contribution in [1.82, 2.24) is 0 Å². The molecule has 0 aliphatic rings. The third-order valence-corrected chi connectivity index (χ3v) is 2.71. The summed E-state index contributed by atoms with van der Waals surface area (Å²) in [5.74, 6) is 1.34. The fraction of sp³-hybridized carbons (Fsp3) is 0. The second-order valence-corrected chi connectivity index (χ2v) is 4.06. The van der Waals surface area contributed by atoms with Gasteiger partial charge in [-0.25, -0.2) is 3.93 Å². The Morgan fingerprint density at radius 3 is 2.35 bits per heavy atom. The van der Waals surface area contributed by atoms with Gasteiger partial charge in [0.15, 0.2) is 5.75 Å². The van der Waals surface area contributed by atoms with Gasteiger partial charge in [-0.05, 0) is 24.3 Å². The summed E-state index contributed by atoms with van der Waals surface area (Å²) in [5.41, 5.74) is 0.659. The number of nitrogens with zero attached hydrogens (tertiary/aromatic N) is 1. The van der Waals surface area contributed by atoms with E-state index in [4.69, 9.17) is 4.74 Å². The second-order valence-electron chi connectivity index (χ2n) is 3.30. The number of benzene rings is 2. The summed E-state index contributed by atoms with van der Waals surface area (Å²) in [5, 5.41) is 0. The predicted molar refractivity (Wildman–Crippen MR) is 70.4 cm³/mol. The molecule has 4 heteroatoms. The summed E-state index contributed by atoms with van der Waals surface area (Å²) < 4.78 is 7.00. The molecule has 0 heterocycles. The van der Waals surface area contributed by atoms with Crippen molar-refractivity contribution < 1.29 is 9.53 Å². The largest absolute Gasteiger partial charge is 0.455 e. The van der Waals surface area contributed by atoms with Gasteiger partial charge in [-0.1, -0.05) is 30.3 Å². The summed E-state index contributed by atoms with van der Waals surface area (Å²) >= 11 is 3.13. The number of hydrogen-bond acceptors (Lipinski definition) is 2. The van der Waals surface area contributed by atoms with Crippen LogP contribution in [0.1, 0.15) is 0 Å². The SMILES string of the molecule is O=CN(Br)c1ccccc1Oc1ccccc1. The number of para-hydroxylation sites is 3. The van der Waals surface area contributed by atoms with Crippen LogP contribution in [0.4, 0.5) is 5.69 Å². The third kappa shape index (κ3) is 2.85. The summed E-state index contributed by atoms with van der Waals surface area (Å²) in [7, 11) is 0. The minimum absolute atomic E-state index is 0.614. The minimum Gasteiger partial charge on any atom is -0.455 e. The summed E-state index contributed by atoms with van der Waals surface area (Å²) in [4.78, 5) is 10.7. The minimum atomic E-state index is 0.614. The summed E-state index contributed by atoms with van der Waals surface area (Å²) in [6, 6.07) is 16.7. The van der Waals surface area contributed by atoms with Crippen molar-refractivity contribution in [2.75, 3.05) is 3.93 Å². The number of ether oxygens (including phenoxy) is 1. The van der Waals surface area contributed by atoms with E-state index in [0.29, 0.717) is 17.8 Å². The van der Waals surface area contributed by atoms with Gasteiger partial charge in [-0.15, -0.1) is 0 Å². The fourth-order valence-corrected chi connectivity index (χ4v) is 1.69. The fourth-order valence-electron chi connectivity index (χ4n) is 1.39. The molecular weight excluding hydrogens is 282 g/mol. The molecule has 2 aromatic carbocycles. The number of halogens is 1. The molecule has 0 unspecified atom stereocenters. The molecule has 0 atom stereocenters. The first-order valence-electron chi connectivity index (χ1n) is 5.03. The zero-order valence-electron chi connectivity index (χ0n) is 8.92. The van der Waals surface area contributed by atoms with Crippen molar-refractivity contribution in [2.24, 2.45) is 0 Å². The molecule has 86 valence electrons. The molecule has 0 aromatic heterocycles. The van der Waals surface area contributed by atoms with Crippen LogP contribution in [0.5, 0.6) is 11.5 Å². The smallest absolute Gasteiger partial charge is 0.224 e. The Morgan fingerprint density at radius 1 is 1.00 bits per heavy atom. The Kier molecular flexibility index (Phi) is 3.77. The average molecular weight is 292 g/mol. The van der Waals surface area contributed by atoms with Gasteiger partial charge in [0.2, 0.25) is 6.41 Å². The first-order chi connectivity index (χ1) is 8.31. The molecule has 0 N–H and O–H groups in total. The highest BCUT2D eigenvalue weighted by molar-refractivity contribution is 9.10. The first kappa shape index (κ1) is 11.7. The van der Waals surface area contributed by atoms with Crippen LogP contribution < -0.4 is 8.66 Å². The lowest BCUT2D eigenvalue weighted by Gasteiger charge is -2.14. The Balaban J connectivity index is 2.30. The molecule has 2 aromatic rings. The van der Waals surface area contributed by atoms with Crippen LogP contribution in [0, 0.1) is 0 Å². The van der Waals surface area contributed by atoms with E-state index in [9.17, 15) is 4.79 Å². The van der Waals surface area contributed by atoms with Gasteiger partial charge in [0.1, 0.15) is 5.75 Å². The van der Waals surface area contributed by atoms with Crippen molar-refractivity contribution in [2.45, 2.75) is 0 Å². The van der Waals surface area contributed by atoms with Crippen molar-refractivity contribution >= 4 is 28.2 Å². The zero-order valence-corrected chi connectivity index (χ0v) is 10.5. The van der Waals surface area contributed by atoms with E-state index in [2.05, 4.69) is 16.1 Å². The normalized spacial score (nSPS) is 9.71. The van der Waals surface area contributed by atoms with E-state index in [0.717, 1.165) is 5.75 Å². The molecule has 0 spiro atoms. The molecule has 0 saturated heterocycles. The molecule has 2 rings (SSSR count). The molecule has 3 nitrogen and oxygen atoms in total. The van der Waals surface area contributed by atoms with Gasteiger partial charge < -0.3 is 4.74 Å².